The molecule has 0 saturated heterocycles. The van der Waals surface area contributed by atoms with E-state index >= 15 is 0 Å². The quantitative estimate of drug-likeness (QED) is 0.793. The molecular formula is C20H22N2O3. The number of hydrogen-bond acceptors (Lipinski definition) is 4. The lowest BCUT2D eigenvalue weighted by molar-refractivity contribution is 0.408. The first-order chi connectivity index (χ1) is 12.2. The van der Waals surface area contributed by atoms with Gasteiger partial charge in [-0.15, -0.1) is 0 Å². The summed E-state index contributed by atoms with van der Waals surface area (Å²) < 4.78 is 12.2. The van der Waals surface area contributed by atoms with Crippen LogP contribution in [0.25, 0.3) is 11.1 Å². The van der Waals surface area contributed by atoms with Crippen molar-refractivity contribution in [2.45, 2.75) is 31.8 Å². The van der Waals surface area contributed by atoms with Crippen LogP contribution in [-0.4, -0.2) is 11.7 Å². The number of nitrogens with one attached hydrogen (secondary N) is 1. The summed E-state index contributed by atoms with van der Waals surface area (Å²) >= 11 is 0. The number of oxazole rings is 1. The smallest absolute Gasteiger partial charge is 0.419 e. The fraction of sp³-hybridized carbons (Fsp3) is 0.350. The van der Waals surface area contributed by atoms with Crippen LogP contribution in [0.4, 0.5) is 0 Å². The molecule has 5 nitrogen and oxygen atoms in total. The van der Waals surface area contributed by atoms with Gasteiger partial charge in [0.2, 0.25) is 0 Å². The second-order valence-corrected chi connectivity index (χ2v) is 6.62. The fourth-order valence-electron chi connectivity index (χ4n) is 3.65. The van der Waals surface area contributed by atoms with Gasteiger partial charge in [0.15, 0.2) is 5.58 Å². The highest BCUT2D eigenvalue weighted by Crippen LogP contribution is 2.32. The lowest BCUT2D eigenvalue weighted by Crippen LogP contribution is -2.24. The number of ether oxygens (including phenoxy) is 1. The molecular weight excluding hydrogens is 316 g/mol. The zero-order valence-corrected chi connectivity index (χ0v) is 14.5. The summed E-state index contributed by atoms with van der Waals surface area (Å²) in [5, 5.41) is 3.65. The number of methoxy groups -OCH3 is 1. The monoisotopic (exact) mass is 338 g/mol. The van der Waals surface area contributed by atoms with Crippen molar-refractivity contribution in [1.29, 1.82) is 0 Å². The SMILES string of the molecule is COc1ccc2c(c1)[C@@H](NCc1ccc3c(c1)oc(=O)n3C)CCC2. The topological polar surface area (TPSA) is 56.4 Å². The zero-order chi connectivity index (χ0) is 17.4. The molecule has 0 bridgehead atoms. The molecule has 1 aliphatic rings. The summed E-state index contributed by atoms with van der Waals surface area (Å²) in [5.41, 5.74) is 5.29. The molecule has 0 unspecified atom stereocenters. The van der Waals surface area contributed by atoms with E-state index in [2.05, 4.69) is 17.4 Å². The minimum atomic E-state index is -0.326. The number of rotatable bonds is 4. The molecule has 1 aromatic heterocycles. The van der Waals surface area contributed by atoms with Crippen molar-refractivity contribution < 1.29 is 9.15 Å². The third-order valence-electron chi connectivity index (χ3n) is 5.08. The van der Waals surface area contributed by atoms with Gasteiger partial charge in [0, 0.05) is 19.6 Å². The van der Waals surface area contributed by atoms with Gasteiger partial charge in [-0.2, -0.15) is 0 Å². The highest BCUT2D eigenvalue weighted by molar-refractivity contribution is 5.73. The Kier molecular flexibility index (Phi) is 4.09. The highest BCUT2D eigenvalue weighted by atomic mass is 16.5. The Hall–Kier alpha value is -2.53. The molecule has 2 aromatic carbocycles. The molecule has 130 valence electrons. The third-order valence-corrected chi connectivity index (χ3v) is 5.08. The number of aromatic nitrogens is 1. The number of benzene rings is 2. The van der Waals surface area contributed by atoms with Crippen molar-refractivity contribution in [3.05, 3.63) is 63.6 Å². The summed E-state index contributed by atoms with van der Waals surface area (Å²) in [6.45, 7) is 0.732. The molecule has 0 amide bonds. The molecule has 25 heavy (non-hydrogen) atoms. The molecule has 0 spiro atoms. The highest BCUT2D eigenvalue weighted by Gasteiger charge is 2.20. The summed E-state index contributed by atoms with van der Waals surface area (Å²) in [7, 11) is 3.42. The molecule has 1 N–H and O–H groups in total. The van der Waals surface area contributed by atoms with Crippen molar-refractivity contribution in [2.75, 3.05) is 7.11 Å². The van der Waals surface area contributed by atoms with Gasteiger partial charge in [0.25, 0.3) is 0 Å². The van der Waals surface area contributed by atoms with Crippen LogP contribution >= 0.6 is 0 Å². The molecule has 4 rings (SSSR count). The minimum absolute atomic E-state index is 0.317. The van der Waals surface area contributed by atoms with Crippen molar-refractivity contribution >= 4 is 11.1 Å². The second-order valence-electron chi connectivity index (χ2n) is 6.62. The van der Waals surface area contributed by atoms with Crippen LogP contribution < -0.4 is 15.8 Å². The molecule has 1 aliphatic carbocycles. The first-order valence-electron chi connectivity index (χ1n) is 8.64. The Labute approximate surface area is 146 Å². The summed E-state index contributed by atoms with van der Waals surface area (Å²) in [6.07, 6.45) is 3.42. The van der Waals surface area contributed by atoms with Crippen molar-refractivity contribution in [3.8, 4) is 5.75 Å². The molecule has 0 fully saturated rings. The maximum atomic E-state index is 11.6. The van der Waals surface area contributed by atoms with Crippen LogP contribution in [0.1, 0.15) is 35.6 Å². The van der Waals surface area contributed by atoms with E-state index in [0.29, 0.717) is 11.6 Å². The Bertz CT molecular complexity index is 971. The zero-order valence-electron chi connectivity index (χ0n) is 14.5. The van der Waals surface area contributed by atoms with Crippen LogP contribution in [0, 0.1) is 0 Å². The van der Waals surface area contributed by atoms with E-state index in [0.717, 1.165) is 36.2 Å². The fourth-order valence-corrected chi connectivity index (χ4v) is 3.65. The third kappa shape index (κ3) is 2.96. The van der Waals surface area contributed by atoms with Gasteiger partial charge in [-0.05, 0) is 60.2 Å². The van der Waals surface area contributed by atoms with Gasteiger partial charge >= 0.3 is 5.76 Å². The first-order valence-corrected chi connectivity index (χ1v) is 8.64. The maximum Gasteiger partial charge on any atom is 0.419 e. The average molecular weight is 338 g/mol. The number of nitrogens with zero attached hydrogens (tertiary/aromatic N) is 1. The van der Waals surface area contributed by atoms with Crippen molar-refractivity contribution in [3.63, 3.8) is 0 Å². The second kappa shape index (κ2) is 6.41. The molecule has 5 heteroatoms. The standard InChI is InChI=1S/C20H22N2O3/c1-22-18-9-6-13(10-19(18)25-20(22)23)12-21-17-5-3-4-14-7-8-15(24-2)11-16(14)17/h6-11,17,21H,3-5,12H2,1-2H3/t17-/m0/s1. The minimum Gasteiger partial charge on any atom is -0.497 e. The summed E-state index contributed by atoms with van der Waals surface area (Å²) in [6, 6.07) is 12.6. The van der Waals surface area contributed by atoms with E-state index in [1.807, 2.05) is 24.3 Å². The van der Waals surface area contributed by atoms with Crippen molar-refractivity contribution in [1.82, 2.24) is 9.88 Å². The number of aryl methyl sites for hydroxylation is 2. The van der Waals surface area contributed by atoms with Crippen molar-refractivity contribution in [2.24, 2.45) is 7.05 Å². The molecule has 3 aromatic rings. The summed E-state index contributed by atoms with van der Waals surface area (Å²) in [5.74, 6) is 0.577. The lowest BCUT2D eigenvalue weighted by atomic mass is 9.87. The van der Waals surface area contributed by atoms with E-state index in [4.69, 9.17) is 9.15 Å². The maximum absolute atomic E-state index is 11.6. The van der Waals surface area contributed by atoms with Crippen LogP contribution in [0.15, 0.2) is 45.6 Å². The normalized spacial score (nSPS) is 16.8. The van der Waals surface area contributed by atoms with E-state index < -0.39 is 0 Å². The first kappa shape index (κ1) is 16.0. The predicted octanol–water partition coefficient (Wildman–Crippen LogP) is 3.31. The Morgan fingerprint density at radius 2 is 2.16 bits per heavy atom. The molecule has 1 atom stereocenters. The number of fused-ring (bicyclic) bond motifs is 2. The van der Waals surface area contributed by atoms with Crippen LogP contribution in [0.2, 0.25) is 0 Å². The van der Waals surface area contributed by atoms with Crippen LogP contribution in [-0.2, 0) is 20.0 Å². The average Bonchev–Trinajstić information content (AvgIpc) is 2.93. The van der Waals surface area contributed by atoms with E-state index in [1.165, 1.54) is 22.1 Å². The van der Waals surface area contributed by atoms with Crippen LogP contribution in [0.3, 0.4) is 0 Å². The Balaban J connectivity index is 1.55. The molecule has 0 radical (unpaired) electrons. The summed E-state index contributed by atoms with van der Waals surface area (Å²) in [4.78, 5) is 11.6. The Morgan fingerprint density at radius 1 is 1.28 bits per heavy atom. The molecule has 0 saturated carbocycles. The predicted molar refractivity (Wildman–Crippen MR) is 97.0 cm³/mol. The largest absolute Gasteiger partial charge is 0.497 e. The van der Waals surface area contributed by atoms with Gasteiger partial charge in [0.1, 0.15) is 5.75 Å². The number of hydrogen-bond donors (Lipinski definition) is 1. The van der Waals surface area contributed by atoms with Gasteiger partial charge < -0.3 is 14.5 Å². The van der Waals surface area contributed by atoms with E-state index in [-0.39, 0.29) is 5.76 Å². The lowest BCUT2D eigenvalue weighted by Gasteiger charge is -2.27. The van der Waals surface area contributed by atoms with E-state index in [1.54, 1.807) is 14.2 Å². The van der Waals surface area contributed by atoms with Gasteiger partial charge in [-0.3, -0.25) is 4.57 Å². The van der Waals surface area contributed by atoms with Gasteiger partial charge in [-0.25, -0.2) is 4.79 Å². The van der Waals surface area contributed by atoms with Crippen LogP contribution in [0.5, 0.6) is 5.75 Å². The molecule has 0 aliphatic heterocycles. The van der Waals surface area contributed by atoms with Gasteiger partial charge in [-0.1, -0.05) is 12.1 Å². The van der Waals surface area contributed by atoms with E-state index in [9.17, 15) is 4.79 Å². The van der Waals surface area contributed by atoms with Gasteiger partial charge in [0.05, 0.1) is 12.6 Å². The molecule has 1 heterocycles. The Morgan fingerprint density at radius 3 is 3.00 bits per heavy atom.